The number of carbonyl (C=O) groups excluding carboxylic acids is 2. The van der Waals surface area contributed by atoms with Crippen LogP contribution in [0.2, 0.25) is 0 Å². The van der Waals surface area contributed by atoms with Gasteiger partial charge in [-0.1, -0.05) is 42.3 Å². The lowest BCUT2D eigenvalue weighted by atomic mass is 9.79. The second-order valence-electron chi connectivity index (χ2n) is 8.19. The zero-order valence-corrected chi connectivity index (χ0v) is 17.7. The van der Waals surface area contributed by atoms with E-state index in [9.17, 15) is 14.7 Å². The minimum Gasteiger partial charge on any atom is -0.550 e. The molecule has 5 nitrogen and oxygen atoms in total. The number of amides is 1. The van der Waals surface area contributed by atoms with Gasteiger partial charge in [-0.3, -0.25) is 4.79 Å². The third-order valence-corrected chi connectivity index (χ3v) is 7.14. The Morgan fingerprint density at radius 1 is 1.14 bits per heavy atom. The van der Waals surface area contributed by atoms with E-state index in [4.69, 9.17) is 0 Å². The van der Waals surface area contributed by atoms with Crippen LogP contribution >= 0.6 is 11.3 Å². The number of fused-ring (bicyclic) bond motifs is 2. The molecule has 0 radical (unpaired) electrons. The molecular formula is C23H25N2O3S-. The van der Waals surface area contributed by atoms with Crippen molar-refractivity contribution in [1.29, 1.82) is 0 Å². The summed E-state index contributed by atoms with van der Waals surface area (Å²) in [6.45, 7) is 6.12. The van der Waals surface area contributed by atoms with Crippen molar-refractivity contribution < 1.29 is 14.7 Å². The van der Waals surface area contributed by atoms with Crippen LogP contribution in [-0.2, 0) is 16.0 Å². The number of benzene rings is 1. The number of aromatic nitrogens is 1. The van der Waals surface area contributed by atoms with Gasteiger partial charge in [0.1, 0.15) is 0 Å². The summed E-state index contributed by atoms with van der Waals surface area (Å²) in [6.07, 6.45) is 2.66. The molecule has 1 heterocycles. The van der Waals surface area contributed by atoms with E-state index in [0.717, 1.165) is 41.7 Å². The highest BCUT2D eigenvalue weighted by Gasteiger charge is 2.54. The maximum Gasteiger partial charge on any atom is 0.230 e. The molecule has 1 aromatic carbocycles. The summed E-state index contributed by atoms with van der Waals surface area (Å²) in [6, 6.07) is 8.21. The van der Waals surface area contributed by atoms with E-state index in [-0.39, 0.29) is 17.7 Å². The zero-order valence-electron chi connectivity index (χ0n) is 16.9. The summed E-state index contributed by atoms with van der Waals surface area (Å²) in [5.74, 6) is -2.79. The number of allylic oxidation sites excluding steroid dienone is 2. The number of rotatable bonds is 5. The Labute approximate surface area is 174 Å². The van der Waals surface area contributed by atoms with E-state index in [2.05, 4.69) is 29.4 Å². The van der Waals surface area contributed by atoms with Crippen LogP contribution in [0.25, 0.3) is 11.3 Å². The molecule has 2 bridgehead atoms. The molecule has 2 aromatic rings. The molecule has 4 rings (SSSR count). The smallest absolute Gasteiger partial charge is 0.230 e. The average molecular weight is 410 g/mol. The first-order valence-electron chi connectivity index (χ1n) is 10.1. The summed E-state index contributed by atoms with van der Waals surface area (Å²) in [4.78, 5) is 29.4. The Balaban J connectivity index is 1.54. The fourth-order valence-electron chi connectivity index (χ4n) is 5.15. The molecule has 0 unspecified atom stereocenters. The average Bonchev–Trinajstić information content (AvgIpc) is 3.41. The molecule has 2 saturated carbocycles. The highest BCUT2D eigenvalue weighted by molar-refractivity contribution is 7.14. The first kappa shape index (κ1) is 19.8. The molecule has 2 aliphatic carbocycles. The van der Waals surface area contributed by atoms with Crippen LogP contribution < -0.4 is 10.4 Å². The fourth-order valence-corrected chi connectivity index (χ4v) is 5.88. The van der Waals surface area contributed by atoms with Gasteiger partial charge in [-0.05, 0) is 50.5 Å². The van der Waals surface area contributed by atoms with Gasteiger partial charge < -0.3 is 15.2 Å². The van der Waals surface area contributed by atoms with E-state index < -0.39 is 17.8 Å². The van der Waals surface area contributed by atoms with E-state index in [1.165, 1.54) is 16.9 Å². The predicted octanol–water partition coefficient (Wildman–Crippen LogP) is 3.67. The van der Waals surface area contributed by atoms with Crippen LogP contribution in [0.5, 0.6) is 0 Å². The van der Waals surface area contributed by atoms with E-state index in [1.807, 2.05) is 31.4 Å². The number of anilines is 1. The molecule has 0 aliphatic heterocycles. The Kier molecular flexibility index (Phi) is 5.30. The van der Waals surface area contributed by atoms with Crippen molar-refractivity contribution in [3.8, 4) is 11.3 Å². The Hall–Kier alpha value is -2.47. The number of thiazole rings is 1. The van der Waals surface area contributed by atoms with Crippen LogP contribution in [0.1, 0.15) is 39.2 Å². The molecule has 0 spiro atoms. The van der Waals surface area contributed by atoms with Crippen molar-refractivity contribution in [2.24, 2.45) is 23.7 Å². The van der Waals surface area contributed by atoms with Gasteiger partial charge in [0, 0.05) is 22.8 Å². The summed E-state index contributed by atoms with van der Waals surface area (Å²) < 4.78 is 0. The Morgan fingerprint density at radius 3 is 2.38 bits per heavy atom. The molecule has 1 aromatic heterocycles. The van der Waals surface area contributed by atoms with Gasteiger partial charge in [-0.15, -0.1) is 11.3 Å². The van der Waals surface area contributed by atoms with Crippen molar-refractivity contribution in [2.75, 3.05) is 5.32 Å². The topological polar surface area (TPSA) is 82.1 Å². The van der Waals surface area contributed by atoms with Gasteiger partial charge in [0.25, 0.3) is 0 Å². The highest BCUT2D eigenvalue weighted by Crippen LogP contribution is 2.57. The quantitative estimate of drug-likeness (QED) is 0.764. The number of nitrogens with one attached hydrogen (secondary N) is 1. The van der Waals surface area contributed by atoms with Crippen molar-refractivity contribution in [3.05, 3.63) is 46.4 Å². The number of carboxylic acid groups (broad SMARTS) is 1. The van der Waals surface area contributed by atoms with Gasteiger partial charge >= 0.3 is 0 Å². The first-order valence-corrected chi connectivity index (χ1v) is 11.0. The second-order valence-corrected chi connectivity index (χ2v) is 9.05. The summed E-state index contributed by atoms with van der Waals surface area (Å²) in [5.41, 5.74) is 5.35. The van der Waals surface area contributed by atoms with E-state index in [1.54, 1.807) is 0 Å². The Morgan fingerprint density at radius 2 is 1.79 bits per heavy atom. The fraction of sp³-hybridized carbons (Fsp3) is 0.435. The minimum atomic E-state index is -1.12. The third kappa shape index (κ3) is 3.50. The number of carboxylic acids is 1. The standard InChI is InChI=1S/C23H26N2O3S/c1-4-13-5-7-14(8-6-13)17-11-29-23(24-17)25-21(26)19-15-9-10-16(18(15)12(2)3)20(19)22(27)28/h5-8,11,15-16,19-20H,4,9-10H2,1-3H3,(H,27,28)(H,24,25,26)/p-1/t15-,16+,19+,20-/m0/s1. The number of hydrogen-bond acceptors (Lipinski definition) is 5. The molecule has 2 fully saturated rings. The summed E-state index contributed by atoms with van der Waals surface area (Å²) in [5, 5.41) is 17.1. The molecule has 2 aliphatic rings. The lowest BCUT2D eigenvalue weighted by Crippen LogP contribution is -2.43. The number of aryl methyl sites for hydroxylation is 1. The maximum absolute atomic E-state index is 13.1. The number of hydrogen-bond donors (Lipinski definition) is 1. The van der Waals surface area contributed by atoms with Crippen LogP contribution in [0, 0.1) is 23.7 Å². The molecule has 1 amide bonds. The van der Waals surface area contributed by atoms with Gasteiger partial charge in [0.2, 0.25) is 5.91 Å². The van der Waals surface area contributed by atoms with Gasteiger partial charge in [-0.2, -0.15) is 0 Å². The first-order chi connectivity index (χ1) is 13.9. The number of carbonyl (C=O) groups is 2. The van der Waals surface area contributed by atoms with Gasteiger partial charge in [-0.25, -0.2) is 4.98 Å². The monoisotopic (exact) mass is 409 g/mol. The SMILES string of the molecule is CCc1ccc(-c2csc(NC(=O)[C@H]3[C@@H](C(=O)[O-])[C@@H]4CC[C@H]3C4=C(C)C)n2)cc1. The number of aliphatic carboxylic acids is 1. The van der Waals surface area contributed by atoms with Crippen molar-refractivity contribution in [1.82, 2.24) is 4.98 Å². The lowest BCUT2D eigenvalue weighted by Gasteiger charge is -2.29. The predicted molar refractivity (Wildman–Crippen MR) is 112 cm³/mol. The summed E-state index contributed by atoms with van der Waals surface area (Å²) in [7, 11) is 0. The highest BCUT2D eigenvalue weighted by atomic mass is 32.1. The molecule has 152 valence electrons. The number of nitrogens with zero attached hydrogens (tertiary/aromatic N) is 1. The van der Waals surface area contributed by atoms with Gasteiger partial charge in [0.05, 0.1) is 11.6 Å². The van der Waals surface area contributed by atoms with Crippen molar-refractivity contribution in [2.45, 2.75) is 40.0 Å². The van der Waals surface area contributed by atoms with Gasteiger partial charge in [0.15, 0.2) is 5.13 Å². The van der Waals surface area contributed by atoms with Crippen LogP contribution in [0.3, 0.4) is 0 Å². The van der Waals surface area contributed by atoms with E-state index >= 15 is 0 Å². The largest absolute Gasteiger partial charge is 0.550 e. The normalized spacial score (nSPS) is 25.3. The second kappa shape index (κ2) is 7.75. The summed E-state index contributed by atoms with van der Waals surface area (Å²) >= 11 is 1.36. The molecule has 1 N–H and O–H groups in total. The van der Waals surface area contributed by atoms with E-state index in [0.29, 0.717) is 5.13 Å². The third-order valence-electron chi connectivity index (χ3n) is 6.39. The molecule has 29 heavy (non-hydrogen) atoms. The van der Waals surface area contributed by atoms with Crippen LogP contribution in [0.4, 0.5) is 5.13 Å². The molecular weight excluding hydrogens is 384 g/mol. The molecule has 4 atom stereocenters. The maximum atomic E-state index is 13.1. The molecule has 6 heteroatoms. The Bertz CT molecular complexity index is 972. The van der Waals surface area contributed by atoms with Crippen molar-refractivity contribution in [3.63, 3.8) is 0 Å². The van der Waals surface area contributed by atoms with Crippen molar-refractivity contribution >= 4 is 28.3 Å². The minimum absolute atomic E-state index is 0.00563. The zero-order chi connectivity index (χ0) is 20.7. The van der Waals surface area contributed by atoms with Crippen LogP contribution in [0.15, 0.2) is 40.8 Å². The van der Waals surface area contributed by atoms with Crippen LogP contribution in [-0.4, -0.2) is 16.9 Å². The lowest BCUT2D eigenvalue weighted by molar-refractivity contribution is -0.314. The molecule has 0 saturated heterocycles.